The van der Waals surface area contributed by atoms with Gasteiger partial charge in [-0.2, -0.15) is 0 Å². The first-order valence-corrected chi connectivity index (χ1v) is 8.20. The van der Waals surface area contributed by atoms with Crippen LogP contribution in [0.4, 0.5) is 0 Å². The van der Waals surface area contributed by atoms with Gasteiger partial charge in [-0.15, -0.1) is 11.3 Å². The SMILES string of the molecule is CCCC(NCC1CC2C=CC1C2)c1cccs1. The lowest BCUT2D eigenvalue weighted by atomic mass is 9.93. The van der Waals surface area contributed by atoms with Gasteiger partial charge in [-0.1, -0.05) is 31.6 Å². The summed E-state index contributed by atoms with van der Waals surface area (Å²) in [5.74, 6) is 2.65. The molecular weight excluding hydrogens is 238 g/mol. The van der Waals surface area contributed by atoms with Gasteiger partial charge in [0.2, 0.25) is 0 Å². The zero-order valence-electron chi connectivity index (χ0n) is 11.1. The number of rotatable bonds is 6. The van der Waals surface area contributed by atoms with Crippen LogP contribution < -0.4 is 5.32 Å². The van der Waals surface area contributed by atoms with E-state index in [1.807, 2.05) is 11.3 Å². The maximum absolute atomic E-state index is 3.83. The van der Waals surface area contributed by atoms with Crippen molar-refractivity contribution in [2.45, 2.75) is 38.6 Å². The Morgan fingerprint density at radius 1 is 1.39 bits per heavy atom. The standard InChI is InChI=1S/C16H23NS/c1-2-4-15(16-5-3-8-18-16)17-11-14-10-12-6-7-13(14)9-12/h3,5-8,12-15,17H,2,4,9-11H2,1H3. The average molecular weight is 261 g/mol. The zero-order chi connectivity index (χ0) is 12.4. The van der Waals surface area contributed by atoms with Crippen molar-refractivity contribution >= 4 is 11.3 Å². The summed E-state index contributed by atoms with van der Waals surface area (Å²) in [4.78, 5) is 1.51. The first-order valence-electron chi connectivity index (χ1n) is 7.32. The van der Waals surface area contributed by atoms with Crippen molar-refractivity contribution in [2.24, 2.45) is 17.8 Å². The van der Waals surface area contributed by atoms with Crippen LogP contribution in [0.15, 0.2) is 29.7 Å². The van der Waals surface area contributed by atoms with E-state index < -0.39 is 0 Å². The minimum Gasteiger partial charge on any atom is -0.309 e. The predicted molar refractivity (Wildman–Crippen MR) is 78.8 cm³/mol. The third kappa shape index (κ3) is 2.55. The molecule has 1 nitrogen and oxygen atoms in total. The summed E-state index contributed by atoms with van der Waals surface area (Å²) < 4.78 is 0. The van der Waals surface area contributed by atoms with E-state index in [0.717, 1.165) is 17.8 Å². The number of fused-ring (bicyclic) bond motifs is 2. The highest BCUT2D eigenvalue weighted by atomic mass is 32.1. The van der Waals surface area contributed by atoms with Crippen LogP contribution in [0.3, 0.4) is 0 Å². The van der Waals surface area contributed by atoms with Crippen LogP contribution >= 0.6 is 11.3 Å². The highest BCUT2D eigenvalue weighted by Gasteiger charge is 2.35. The molecule has 1 aromatic rings. The molecule has 0 saturated heterocycles. The van der Waals surface area contributed by atoms with Gasteiger partial charge in [0, 0.05) is 10.9 Å². The molecule has 1 saturated carbocycles. The quantitative estimate of drug-likeness (QED) is 0.749. The number of nitrogens with one attached hydrogen (secondary N) is 1. The van der Waals surface area contributed by atoms with E-state index in [0.29, 0.717) is 6.04 Å². The highest BCUT2D eigenvalue weighted by Crippen LogP contribution is 2.43. The molecule has 3 rings (SSSR count). The van der Waals surface area contributed by atoms with Crippen LogP contribution in [-0.4, -0.2) is 6.54 Å². The van der Waals surface area contributed by atoms with E-state index in [9.17, 15) is 0 Å². The van der Waals surface area contributed by atoms with Crippen LogP contribution in [0, 0.1) is 17.8 Å². The zero-order valence-corrected chi connectivity index (χ0v) is 12.0. The van der Waals surface area contributed by atoms with Crippen molar-refractivity contribution in [1.82, 2.24) is 5.32 Å². The molecule has 18 heavy (non-hydrogen) atoms. The number of hydrogen-bond donors (Lipinski definition) is 1. The van der Waals surface area contributed by atoms with Crippen molar-refractivity contribution in [3.8, 4) is 0 Å². The molecule has 1 heterocycles. The third-order valence-corrected chi connectivity index (χ3v) is 5.49. The Hall–Kier alpha value is -0.600. The van der Waals surface area contributed by atoms with E-state index in [-0.39, 0.29) is 0 Å². The molecule has 0 spiro atoms. The van der Waals surface area contributed by atoms with Crippen LogP contribution in [0.2, 0.25) is 0 Å². The van der Waals surface area contributed by atoms with Gasteiger partial charge in [0.1, 0.15) is 0 Å². The molecular formula is C16H23NS. The summed E-state index contributed by atoms with van der Waals surface area (Å²) in [5.41, 5.74) is 0. The Kier molecular flexibility index (Phi) is 3.86. The average Bonchev–Trinajstić information content (AvgIpc) is 3.09. The highest BCUT2D eigenvalue weighted by molar-refractivity contribution is 7.10. The van der Waals surface area contributed by atoms with E-state index in [1.165, 1.54) is 37.1 Å². The van der Waals surface area contributed by atoms with Gasteiger partial charge >= 0.3 is 0 Å². The summed E-state index contributed by atoms with van der Waals surface area (Å²) in [6.45, 7) is 3.48. The van der Waals surface area contributed by atoms with Crippen molar-refractivity contribution in [3.05, 3.63) is 34.5 Å². The molecule has 98 valence electrons. The van der Waals surface area contributed by atoms with Gasteiger partial charge in [-0.3, -0.25) is 0 Å². The summed E-state index contributed by atoms with van der Waals surface area (Å²) in [7, 11) is 0. The molecule has 1 fully saturated rings. The monoisotopic (exact) mass is 261 g/mol. The lowest BCUT2D eigenvalue weighted by Gasteiger charge is -2.23. The minimum absolute atomic E-state index is 0.582. The number of hydrogen-bond acceptors (Lipinski definition) is 2. The lowest BCUT2D eigenvalue weighted by Crippen LogP contribution is -2.28. The summed E-state index contributed by atoms with van der Waals surface area (Å²) in [6.07, 6.45) is 10.2. The molecule has 2 aliphatic carbocycles. The number of thiophene rings is 1. The predicted octanol–water partition coefficient (Wildman–Crippen LogP) is 4.39. The molecule has 1 N–H and O–H groups in total. The molecule has 0 amide bonds. The Morgan fingerprint density at radius 2 is 2.33 bits per heavy atom. The molecule has 2 aliphatic rings. The summed E-state index contributed by atoms with van der Waals surface area (Å²) in [5, 5.41) is 6.02. The van der Waals surface area contributed by atoms with Crippen molar-refractivity contribution in [1.29, 1.82) is 0 Å². The molecule has 0 aromatic carbocycles. The van der Waals surface area contributed by atoms with Gasteiger partial charge < -0.3 is 5.32 Å². The lowest BCUT2D eigenvalue weighted by molar-refractivity contribution is 0.377. The van der Waals surface area contributed by atoms with E-state index in [4.69, 9.17) is 0 Å². The fraction of sp³-hybridized carbons (Fsp3) is 0.625. The first-order chi connectivity index (χ1) is 8.86. The first kappa shape index (κ1) is 12.4. The van der Waals surface area contributed by atoms with Crippen LogP contribution in [0.25, 0.3) is 0 Å². The van der Waals surface area contributed by atoms with Crippen LogP contribution in [0.1, 0.15) is 43.5 Å². The molecule has 4 unspecified atom stereocenters. The van der Waals surface area contributed by atoms with Gasteiger partial charge in [-0.25, -0.2) is 0 Å². The van der Waals surface area contributed by atoms with Crippen molar-refractivity contribution in [3.63, 3.8) is 0 Å². The normalized spacial score (nSPS) is 31.1. The molecule has 4 atom stereocenters. The Balaban J connectivity index is 1.55. The second-order valence-corrected chi connectivity index (χ2v) is 6.78. The molecule has 0 aliphatic heterocycles. The van der Waals surface area contributed by atoms with Gasteiger partial charge in [0.25, 0.3) is 0 Å². The van der Waals surface area contributed by atoms with E-state index in [1.54, 1.807) is 0 Å². The van der Waals surface area contributed by atoms with E-state index >= 15 is 0 Å². The van der Waals surface area contributed by atoms with Gasteiger partial charge in [-0.05, 0) is 55.0 Å². The third-order valence-electron chi connectivity index (χ3n) is 4.51. The van der Waals surface area contributed by atoms with Gasteiger partial charge in [0.15, 0.2) is 0 Å². The van der Waals surface area contributed by atoms with Crippen molar-refractivity contribution < 1.29 is 0 Å². The number of allylic oxidation sites excluding steroid dienone is 2. The molecule has 0 radical (unpaired) electrons. The second-order valence-electron chi connectivity index (χ2n) is 5.81. The summed E-state index contributed by atoms with van der Waals surface area (Å²) in [6, 6.07) is 5.03. The maximum atomic E-state index is 3.83. The van der Waals surface area contributed by atoms with Crippen molar-refractivity contribution in [2.75, 3.05) is 6.54 Å². The fourth-order valence-electron chi connectivity index (χ4n) is 3.55. The smallest absolute Gasteiger partial charge is 0.0414 e. The van der Waals surface area contributed by atoms with Crippen LogP contribution in [0.5, 0.6) is 0 Å². The van der Waals surface area contributed by atoms with Crippen LogP contribution in [-0.2, 0) is 0 Å². The Morgan fingerprint density at radius 3 is 2.94 bits per heavy atom. The summed E-state index contributed by atoms with van der Waals surface area (Å²) >= 11 is 1.89. The Labute approximate surface area is 114 Å². The molecule has 2 heteroatoms. The molecule has 1 aromatic heterocycles. The second kappa shape index (κ2) is 5.58. The minimum atomic E-state index is 0.582. The fourth-order valence-corrected chi connectivity index (χ4v) is 4.38. The maximum Gasteiger partial charge on any atom is 0.0414 e. The Bertz CT molecular complexity index is 395. The largest absolute Gasteiger partial charge is 0.309 e. The van der Waals surface area contributed by atoms with E-state index in [2.05, 4.69) is 41.9 Å². The topological polar surface area (TPSA) is 12.0 Å². The van der Waals surface area contributed by atoms with Gasteiger partial charge in [0.05, 0.1) is 0 Å². The molecule has 2 bridgehead atoms.